The van der Waals surface area contributed by atoms with Gasteiger partial charge in [-0.15, -0.1) is 0 Å². The summed E-state index contributed by atoms with van der Waals surface area (Å²) in [6.07, 6.45) is 93.2. The van der Waals surface area contributed by atoms with Crippen LogP contribution in [0.15, 0.2) is 85.1 Å². The Kier molecular flexibility index (Phi) is 63.8. The topological polar surface area (TPSA) is 72.8 Å². The zero-order valence-electron chi connectivity index (χ0n) is 50.5. The van der Waals surface area contributed by atoms with Crippen molar-refractivity contribution >= 4 is 11.9 Å². The Balaban J connectivity index is 3.45. The first-order valence-corrected chi connectivity index (χ1v) is 33.1. The van der Waals surface area contributed by atoms with E-state index in [4.69, 9.17) is 9.47 Å². The average Bonchev–Trinajstić information content (AvgIpc) is 3.42. The third-order valence-corrected chi connectivity index (χ3v) is 14.7. The van der Waals surface area contributed by atoms with E-state index in [2.05, 4.69) is 98.9 Å². The molecule has 0 radical (unpaired) electrons. The monoisotopic (exact) mass is 1060 g/mol. The summed E-state index contributed by atoms with van der Waals surface area (Å²) < 4.78 is 10.7. The maximum absolute atomic E-state index is 12.3. The summed E-state index contributed by atoms with van der Waals surface area (Å²) in [5, 5.41) is 9.69. The molecule has 0 aromatic heterocycles. The van der Waals surface area contributed by atoms with Crippen molar-refractivity contribution in [3.63, 3.8) is 0 Å². The van der Waals surface area contributed by atoms with E-state index in [9.17, 15) is 14.7 Å². The Hall–Kier alpha value is -2.92. The summed E-state index contributed by atoms with van der Waals surface area (Å²) in [7, 11) is 0. The van der Waals surface area contributed by atoms with Crippen LogP contribution in [0.1, 0.15) is 335 Å². The second-order valence-corrected chi connectivity index (χ2v) is 22.2. The normalized spacial score (nSPS) is 12.7. The predicted octanol–water partition coefficient (Wildman–Crippen LogP) is 22.9. The van der Waals surface area contributed by atoms with Crippen molar-refractivity contribution in [2.24, 2.45) is 0 Å². The highest BCUT2D eigenvalue weighted by molar-refractivity contribution is 5.70. The van der Waals surface area contributed by atoms with Gasteiger partial charge < -0.3 is 14.6 Å². The molecule has 0 amide bonds. The van der Waals surface area contributed by atoms with Crippen molar-refractivity contribution in [3.05, 3.63) is 85.1 Å². The summed E-state index contributed by atoms with van der Waals surface area (Å²) in [5.74, 6) is -0.590. The molecule has 0 aliphatic heterocycles. The largest absolute Gasteiger partial charge is 0.462 e. The molecule has 0 aromatic rings. The molecule has 1 unspecified atom stereocenters. The van der Waals surface area contributed by atoms with Crippen LogP contribution in [0.3, 0.4) is 0 Å². The minimum absolute atomic E-state index is 0.0698. The van der Waals surface area contributed by atoms with Gasteiger partial charge >= 0.3 is 11.9 Å². The molecule has 0 aliphatic carbocycles. The Morgan fingerprint density at radius 3 is 0.868 bits per heavy atom. The van der Waals surface area contributed by atoms with Crippen LogP contribution in [0.2, 0.25) is 0 Å². The predicted molar refractivity (Wildman–Crippen MR) is 334 cm³/mol. The van der Waals surface area contributed by atoms with Crippen LogP contribution in [0.25, 0.3) is 0 Å². The molecule has 0 rings (SSSR count). The number of carbonyl (C=O) groups is 2. The highest BCUT2D eigenvalue weighted by atomic mass is 16.6. The first kappa shape index (κ1) is 73.1. The van der Waals surface area contributed by atoms with Gasteiger partial charge in [-0.2, -0.15) is 0 Å². The lowest BCUT2D eigenvalue weighted by Crippen LogP contribution is -2.28. The quantitative estimate of drug-likeness (QED) is 0.0373. The summed E-state index contributed by atoms with van der Waals surface area (Å²) in [6.45, 7) is 4.05. The molecule has 0 spiro atoms. The first-order valence-electron chi connectivity index (χ1n) is 33.1. The number of esters is 2. The molecule has 0 aromatic carbocycles. The van der Waals surface area contributed by atoms with Crippen molar-refractivity contribution in [1.29, 1.82) is 0 Å². The number of carbonyl (C=O) groups excluding carboxylic acids is 2. The van der Waals surface area contributed by atoms with Gasteiger partial charge in [0.2, 0.25) is 0 Å². The highest BCUT2D eigenvalue weighted by Gasteiger charge is 2.16. The van der Waals surface area contributed by atoms with Gasteiger partial charge in [0.05, 0.1) is 6.61 Å². The Morgan fingerprint density at radius 1 is 0.316 bits per heavy atom. The van der Waals surface area contributed by atoms with E-state index in [1.807, 2.05) is 0 Å². The minimum Gasteiger partial charge on any atom is -0.462 e. The SMILES string of the molecule is CC/C=C\C/C=C\C/C=C\C/C=C\C/C=C\C/C=C\CCCCCCCCCCC(=O)OC(CO)COC(=O)CCCCCCCCCCCCCCCCCCCCCCCCC/C=C\CCCCCCCCCC. The molecule has 440 valence electrons. The summed E-state index contributed by atoms with van der Waals surface area (Å²) in [5.41, 5.74) is 0. The lowest BCUT2D eigenvalue weighted by atomic mass is 10.0. The van der Waals surface area contributed by atoms with Gasteiger partial charge in [0.1, 0.15) is 6.61 Å². The number of unbranched alkanes of at least 4 members (excludes halogenated alkanes) is 39. The van der Waals surface area contributed by atoms with Crippen LogP contribution in [0, 0.1) is 0 Å². The van der Waals surface area contributed by atoms with Crippen molar-refractivity contribution in [2.75, 3.05) is 13.2 Å². The maximum atomic E-state index is 12.3. The smallest absolute Gasteiger partial charge is 0.306 e. The molecule has 0 saturated heterocycles. The van der Waals surface area contributed by atoms with Gasteiger partial charge in [0.15, 0.2) is 6.10 Å². The number of rotatable bonds is 61. The molecule has 5 nitrogen and oxygen atoms in total. The van der Waals surface area contributed by atoms with Crippen LogP contribution in [-0.2, 0) is 19.1 Å². The molecule has 76 heavy (non-hydrogen) atoms. The molecular weight excluding hydrogens is 933 g/mol. The van der Waals surface area contributed by atoms with Gasteiger partial charge in [0, 0.05) is 12.8 Å². The van der Waals surface area contributed by atoms with E-state index < -0.39 is 6.10 Å². The van der Waals surface area contributed by atoms with Crippen molar-refractivity contribution < 1.29 is 24.2 Å². The molecule has 1 atom stereocenters. The molecule has 1 N–H and O–H groups in total. The number of allylic oxidation sites excluding steroid dienone is 14. The standard InChI is InChI=1S/C71H126O5/c1-3-5-7-9-11-13-15-17-19-21-23-25-27-29-31-32-33-34-35-36-37-38-40-41-43-45-47-49-51-53-55-57-59-61-63-65-70(73)75-68-69(67-72)76-71(74)66-64-62-60-58-56-54-52-50-48-46-44-42-39-30-28-26-24-22-20-18-16-14-12-10-8-6-4-2/h6,8,12,14,18,20-21,23-24,26,30,39,44,46,69,72H,3-5,7,9-11,13,15-17,19,22,25,27-29,31-38,40-43,45,47-68H2,1-2H3/b8-6-,14-12-,20-18-,23-21-,26-24-,39-30-,46-44-. The second-order valence-electron chi connectivity index (χ2n) is 22.2. The van der Waals surface area contributed by atoms with Crippen molar-refractivity contribution in [1.82, 2.24) is 0 Å². The van der Waals surface area contributed by atoms with Crippen LogP contribution in [0.4, 0.5) is 0 Å². The van der Waals surface area contributed by atoms with Crippen LogP contribution in [0.5, 0.6) is 0 Å². The fourth-order valence-corrected chi connectivity index (χ4v) is 9.73. The summed E-state index contributed by atoms with van der Waals surface area (Å²) in [4.78, 5) is 24.6. The molecule has 0 aliphatic rings. The summed E-state index contributed by atoms with van der Waals surface area (Å²) in [6, 6.07) is 0. The Labute approximate surface area is 473 Å². The van der Waals surface area contributed by atoms with E-state index >= 15 is 0 Å². The zero-order valence-corrected chi connectivity index (χ0v) is 50.5. The van der Waals surface area contributed by atoms with Gasteiger partial charge in [-0.25, -0.2) is 0 Å². The van der Waals surface area contributed by atoms with Crippen LogP contribution < -0.4 is 0 Å². The maximum Gasteiger partial charge on any atom is 0.306 e. The zero-order chi connectivity index (χ0) is 54.8. The minimum atomic E-state index is -0.781. The molecule has 0 fully saturated rings. The van der Waals surface area contributed by atoms with Gasteiger partial charge in [-0.1, -0.05) is 317 Å². The van der Waals surface area contributed by atoms with Gasteiger partial charge in [-0.3, -0.25) is 9.59 Å². The lowest BCUT2D eigenvalue weighted by molar-refractivity contribution is -0.161. The fourth-order valence-electron chi connectivity index (χ4n) is 9.73. The number of hydrogen-bond acceptors (Lipinski definition) is 5. The lowest BCUT2D eigenvalue weighted by Gasteiger charge is -2.15. The van der Waals surface area contributed by atoms with E-state index in [-0.39, 0.29) is 25.2 Å². The Morgan fingerprint density at radius 2 is 0.566 bits per heavy atom. The molecule has 0 saturated carbocycles. The fraction of sp³-hybridized carbons (Fsp3) is 0.775. The van der Waals surface area contributed by atoms with Crippen molar-refractivity contribution in [3.8, 4) is 0 Å². The molecular formula is C71H126O5. The Bertz CT molecular complexity index is 1380. The van der Waals surface area contributed by atoms with Gasteiger partial charge in [-0.05, 0) is 89.9 Å². The first-order chi connectivity index (χ1) is 37.6. The van der Waals surface area contributed by atoms with Gasteiger partial charge in [0.25, 0.3) is 0 Å². The second kappa shape index (κ2) is 66.4. The van der Waals surface area contributed by atoms with E-state index in [0.717, 1.165) is 83.5 Å². The number of aliphatic hydroxyl groups is 1. The van der Waals surface area contributed by atoms with Crippen LogP contribution in [-0.4, -0.2) is 36.4 Å². The van der Waals surface area contributed by atoms with Crippen LogP contribution >= 0.6 is 0 Å². The highest BCUT2D eigenvalue weighted by Crippen LogP contribution is 2.18. The molecule has 5 heteroatoms. The summed E-state index contributed by atoms with van der Waals surface area (Å²) >= 11 is 0. The molecule has 0 heterocycles. The number of ether oxygens (including phenoxy) is 2. The number of aliphatic hydroxyl groups excluding tert-OH is 1. The van der Waals surface area contributed by atoms with E-state index in [0.29, 0.717) is 12.8 Å². The average molecular weight is 1060 g/mol. The van der Waals surface area contributed by atoms with E-state index in [1.165, 1.54) is 225 Å². The third-order valence-electron chi connectivity index (χ3n) is 14.7. The molecule has 0 bridgehead atoms. The third kappa shape index (κ3) is 63.6. The van der Waals surface area contributed by atoms with E-state index in [1.54, 1.807) is 0 Å². The number of hydrogen-bond donors (Lipinski definition) is 1. The van der Waals surface area contributed by atoms with Crippen molar-refractivity contribution in [2.45, 2.75) is 341 Å².